The highest BCUT2D eigenvalue weighted by Crippen LogP contribution is 2.31. The van der Waals surface area contributed by atoms with E-state index in [2.05, 4.69) is 35.3 Å². The van der Waals surface area contributed by atoms with Gasteiger partial charge in [-0.3, -0.25) is 4.90 Å². The molecule has 18 heavy (non-hydrogen) atoms. The molecule has 0 spiro atoms. The van der Waals surface area contributed by atoms with Crippen molar-refractivity contribution in [2.75, 3.05) is 34.2 Å². The van der Waals surface area contributed by atoms with Gasteiger partial charge in [-0.15, -0.1) is 0 Å². The largest absolute Gasteiger partial charge is 0.305 e. The molecule has 1 unspecified atom stereocenters. The summed E-state index contributed by atoms with van der Waals surface area (Å²) in [6.07, 6.45) is 5.55. The Hall–Kier alpha value is -0.630. The van der Waals surface area contributed by atoms with Crippen LogP contribution in [0.2, 0.25) is 0 Å². The van der Waals surface area contributed by atoms with Crippen LogP contribution in [0.4, 0.5) is 0 Å². The summed E-state index contributed by atoms with van der Waals surface area (Å²) in [6.45, 7) is 2.42. The number of nitrogens with zero attached hydrogens (tertiary/aromatic N) is 3. The summed E-state index contributed by atoms with van der Waals surface area (Å²) in [5, 5.41) is 12.5. The predicted octanol–water partition coefficient (Wildman–Crippen LogP) is 1.05. The topological polar surface area (TPSA) is 42.3 Å². The molecular formula is C14H26N4. The van der Waals surface area contributed by atoms with Crippen LogP contribution in [-0.4, -0.2) is 61.7 Å². The van der Waals surface area contributed by atoms with Gasteiger partial charge in [-0.25, -0.2) is 0 Å². The fourth-order valence-corrected chi connectivity index (χ4v) is 3.46. The smallest absolute Gasteiger partial charge is 0.106 e. The van der Waals surface area contributed by atoms with E-state index in [-0.39, 0.29) is 5.54 Å². The Balaban J connectivity index is 1.88. The van der Waals surface area contributed by atoms with Crippen molar-refractivity contribution in [1.82, 2.24) is 15.1 Å². The normalized spacial score (nSPS) is 37.9. The SMILES string of the molecule is CNC1(C#N)CCC(N(C)C2CCN(C)C2)CC1. The van der Waals surface area contributed by atoms with Crippen molar-refractivity contribution in [2.45, 2.75) is 49.7 Å². The molecule has 102 valence electrons. The van der Waals surface area contributed by atoms with Crippen molar-refractivity contribution in [1.29, 1.82) is 5.26 Å². The molecule has 2 fully saturated rings. The quantitative estimate of drug-likeness (QED) is 0.813. The highest BCUT2D eigenvalue weighted by molar-refractivity contribution is 5.09. The lowest BCUT2D eigenvalue weighted by Crippen LogP contribution is -2.50. The van der Waals surface area contributed by atoms with Gasteiger partial charge in [-0.05, 0) is 59.8 Å². The minimum atomic E-state index is -0.260. The summed E-state index contributed by atoms with van der Waals surface area (Å²) in [5.41, 5.74) is -0.260. The van der Waals surface area contributed by atoms with Crippen LogP contribution in [0.5, 0.6) is 0 Å². The zero-order chi connectivity index (χ0) is 13.2. The number of nitrogens with one attached hydrogen (secondary N) is 1. The summed E-state index contributed by atoms with van der Waals surface area (Å²) in [6, 6.07) is 3.84. The first-order valence-electron chi connectivity index (χ1n) is 7.11. The molecule has 0 aromatic heterocycles. The minimum Gasteiger partial charge on any atom is -0.305 e. The molecule has 4 nitrogen and oxygen atoms in total. The van der Waals surface area contributed by atoms with E-state index < -0.39 is 0 Å². The third-order valence-corrected chi connectivity index (χ3v) is 5.02. The van der Waals surface area contributed by atoms with Crippen molar-refractivity contribution in [3.8, 4) is 6.07 Å². The number of rotatable bonds is 3. The molecule has 1 saturated carbocycles. The molecule has 1 N–H and O–H groups in total. The van der Waals surface area contributed by atoms with Gasteiger partial charge >= 0.3 is 0 Å². The van der Waals surface area contributed by atoms with Gasteiger partial charge in [0.2, 0.25) is 0 Å². The lowest BCUT2D eigenvalue weighted by Gasteiger charge is -2.40. The molecule has 1 atom stereocenters. The highest BCUT2D eigenvalue weighted by Gasteiger charge is 2.37. The van der Waals surface area contributed by atoms with E-state index in [9.17, 15) is 5.26 Å². The number of hydrogen-bond acceptors (Lipinski definition) is 4. The van der Waals surface area contributed by atoms with Gasteiger partial charge in [0.25, 0.3) is 0 Å². The molecule has 1 heterocycles. The summed E-state index contributed by atoms with van der Waals surface area (Å²) in [7, 11) is 6.39. The van der Waals surface area contributed by atoms with Crippen molar-refractivity contribution in [3.63, 3.8) is 0 Å². The minimum absolute atomic E-state index is 0.260. The van der Waals surface area contributed by atoms with Crippen molar-refractivity contribution >= 4 is 0 Å². The fourth-order valence-electron chi connectivity index (χ4n) is 3.46. The molecule has 0 radical (unpaired) electrons. The Kier molecular flexibility index (Phi) is 4.26. The van der Waals surface area contributed by atoms with Crippen molar-refractivity contribution < 1.29 is 0 Å². The van der Waals surface area contributed by atoms with Crippen LogP contribution in [0.25, 0.3) is 0 Å². The van der Waals surface area contributed by atoms with Crippen LogP contribution >= 0.6 is 0 Å². The Bertz CT molecular complexity index is 314. The van der Waals surface area contributed by atoms with Crippen LogP contribution in [0.1, 0.15) is 32.1 Å². The molecule has 0 amide bonds. The second-order valence-electron chi connectivity index (χ2n) is 6.05. The van der Waals surface area contributed by atoms with Crippen LogP contribution in [0.3, 0.4) is 0 Å². The van der Waals surface area contributed by atoms with E-state index in [1.165, 1.54) is 19.5 Å². The molecule has 4 heteroatoms. The first-order valence-corrected chi connectivity index (χ1v) is 7.11. The molecule has 1 saturated heterocycles. The van der Waals surface area contributed by atoms with Gasteiger partial charge < -0.3 is 10.2 Å². The molecule has 1 aliphatic carbocycles. The van der Waals surface area contributed by atoms with Crippen LogP contribution < -0.4 is 5.32 Å². The Morgan fingerprint density at radius 2 is 1.94 bits per heavy atom. The van der Waals surface area contributed by atoms with Crippen molar-refractivity contribution in [3.05, 3.63) is 0 Å². The van der Waals surface area contributed by atoms with Gasteiger partial charge in [0.05, 0.1) is 6.07 Å². The molecule has 2 aliphatic rings. The monoisotopic (exact) mass is 250 g/mol. The highest BCUT2D eigenvalue weighted by atomic mass is 15.2. The van der Waals surface area contributed by atoms with Gasteiger partial charge in [0.1, 0.15) is 5.54 Å². The summed E-state index contributed by atoms with van der Waals surface area (Å²) in [5.74, 6) is 0. The van der Waals surface area contributed by atoms with Gasteiger partial charge in [-0.2, -0.15) is 5.26 Å². The third kappa shape index (κ3) is 2.69. The first-order chi connectivity index (χ1) is 8.60. The van der Waals surface area contributed by atoms with Crippen LogP contribution in [-0.2, 0) is 0 Å². The van der Waals surface area contributed by atoms with Crippen molar-refractivity contribution in [2.24, 2.45) is 0 Å². The zero-order valence-electron chi connectivity index (χ0n) is 11.9. The fraction of sp³-hybridized carbons (Fsp3) is 0.929. The average molecular weight is 250 g/mol. The number of nitriles is 1. The predicted molar refractivity (Wildman–Crippen MR) is 73.3 cm³/mol. The molecule has 2 rings (SSSR count). The van der Waals surface area contributed by atoms with E-state index in [1.807, 2.05) is 7.05 Å². The van der Waals surface area contributed by atoms with E-state index in [4.69, 9.17) is 0 Å². The van der Waals surface area contributed by atoms with E-state index in [1.54, 1.807) is 0 Å². The zero-order valence-corrected chi connectivity index (χ0v) is 11.9. The average Bonchev–Trinajstić information content (AvgIpc) is 2.85. The lowest BCUT2D eigenvalue weighted by atomic mass is 9.80. The Morgan fingerprint density at radius 3 is 2.39 bits per heavy atom. The maximum atomic E-state index is 9.28. The van der Waals surface area contributed by atoms with Crippen LogP contribution in [0.15, 0.2) is 0 Å². The van der Waals surface area contributed by atoms with Crippen LogP contribution in [0, 0.1) is 11.3 Å². The standard InChI is InChI=1S/C14H26N4/c1-16-14(11-15)7-4-12(5-8-14)18(3)13-6-9-17(2)10-13/h12-13,16H,4-10H2,1-3H3. The Labute approximate surface area is 111 Å². The summed E-state index contributed by atoms with van der Waals surface area (Å²) in [4.78, 5) is 4.98. The summed E-state index contributed by atoms with van der Waals surface area (Å²) >= 11 is 0. The second kappa shape index (κ2) is 5.56. The molecule has 0 aromatic carbocycles. The Morgan fingerprint density at radius 1 is 1.28 bits per heavy atom. The second-order valence-corrected chi connectivity index (χ2v) is 6.05. The maximum Gasteiger partial charge on any atom is 0.106 e. The van der Waals surface area contributed by atoms with Gasteiger partial charge in [0, 0.05) is 18.6 Å². The third-order valence-electron chi connectivity index (χ3n) is 5.02. The number of hydrogen-bond donors (Lipinski definition) is 1. The van der Waals surface area contributed by atoms with Gasteiger partial charge in [-0.1, -0.05) is 0 Å². The number of likely N-dealkylation sites (tertiary alicyclic amines) is 1. The molecule has 0 bridgehead atoms. The number of likely N-dealkylation sites (N-methyl/N-ethyl adjacent to an activating group) is 2. The van der Waals surface area contributed by atoms with E-state index in [0.717, 1.165) is 25.7 Å². The van der Waals surface area contributed by atoms with E-state index in [0.29, 0.717) is 12.1 Å². The van der Waals surface area contributed by atoms with E-state index >= 15 is 0 Å². The molecular weight excluding hydrogens is 224 g/mol. The molecule has 1 aliphatic heterocycles. The summed E-state index contributed by atoms with van der Waals surface area (Å²) < 4.78 is 0. The molecule has 0 aromatic rings. The van der Waals surface area contributed by atoms with Gasteiger partial charge in [0.15, 0.2) is 0 Å². The lowest BCUT2D eigenvalue weighted by molar-refractivity contribution is 0.118. The first kappa shape index (κ1) is 13.8. The maximum absolute atomic E-state index is 9.28.